The van der Waals surface area contributed by atoms with E-state index in [-0.39, 0.29) is 19.1 Å². The van der Waals surface area contributed by atoms with Gasteiger partial charge in [0, 0.05) is 12.7 Å². The number of rotatable bonds is 4. The van der Waals surface area contributed by atoms with Crippen molar-refractivity contribution in [1.29, 1.82) is 0 Å². The van der Waals surface area contributed by atoms with Gasteiger partial charge in [0.2, 0.25) is 5.95 Å². The Labute approximate surface area is 113 Å². The summed E-state index contributed by atoms with van der Waals surface area (Å²) in [5, 5.41) is 11.7. The lowest BCUT2D eigenvalue weighted by Gasteiger charge is -2.09. The van der Waals surface area contributed by atoms with Crippen molar-refractivity contribution in [2.45, 2.75) is 19.3 Å². The monoisotopic (exact) mass is 283 g/mol. The standard InChI is InChI=1S/C13H12F3N3O/c14-13(15,16)11-4-5-17-12(19-11)18-7-9-2-1-3-10(6-9)8-20/h1-6,20H,7-8H2,(H,17,18,19). The molecule has 0 atom stereocenters. The predicted molar refractivity (Wildman–Crippen MR) is 66.7 cm³/mol. The average molecular weight is 283 g/mol. The Balaban J connectivity index is 2.07. The Morgan fingerprint density at radius 1 is 1.15 bits per heavy atom. The highest BCUT2D eigenvalue weighted by Gasteiger charge is 2.32. The van der Waals surface area contributed by atoms with Crippen LogP contribution in [0.1, 0.15) is 16.8 Å². The summed E-state index contributed by atoms with van der Waals surface area (Å²) in [6, 6.07) is 7.87. The molecule has 0 radical (unpaired) electrons. The van der Waals surface area contributed by atoms with Crippen LogP contribution in [0.5, 0.6) is 0 Å². The van der Waals surface area contributed by atoms with Crippen LogP contribution in [0.15, 0.2) is 36.5 Å². The molecule has 0 saturated heterocycles. The zero-order valence-electron chi connectivity index (χ0n) is 10.4. The van der Waals surface area contributed by atoms with Crippen LogP contribution < -0.4 is 5.32 Å². The lowest BCUT2D eigenvalue weighted by Crippen LogP contribution is -2.11. The lowest BCUT2D eigenvalue weighted by atomic mass is 10.1. The summed E-state index contributed by atoms with van der Waals surface area (Å²) >= 11 is 0. The van der Waals surface area contributed by atoms with Gasteiger partial charge >= 0.3 is 6.18 Å². The second-order valence-electron chi connectivity index (χ2n) is 4.09. The smallest absolute Gasteiger partial charge is 0.392 e. The predicted octanol–water partition coefficient (Wildman–Crippen LogP) is 2.60. The maximum Gasteiger partial charge on any atom is 0.433 e. The summed E-state index contributed by atoms with van der Waals surface area (Å²) in [7, 11) is 0. The van der Waals surface area contributed by atoms with E-state index in [1.54, 1.807) is 24.3 Å². The van der Waals surface area contributed by atoms with Gasteiger partial charge in [-0.05, 0) is 17.2 Å². The molecular formula is C13H12F3N3O. The number of halogens is 3. The number of aliphatic hydroxyl groups excluding tert-OH is 1. The molecule has 20 heavy (non-hydrogen) atoms. The first kappa shape index (κ1) is 14.3. The van der Waals surface area contributed by atoms with E-state index < -0.39 is 11.9 Å². The molecule has 0 aliphatic carbocycles. The van der Waals surface area contributed by atoms with Gasteiger partial charge in [0.25, 0.3) is 0 Å². The molecule has 1 aromatic heterocycles. The highest BCUT2D eigenvalue weighted by molar-refractivity contribution is 5.30. The molecular weight excluding hydrogens is 271 g/mol. The van der Waals surface area contributed by atoms with Crippen molar-refractivity contribution in [3.63, 3.8) is 0 Å². The third-order valence-electron chi connectivity index (χ3n) is 2.57. The lowest BCUT2D eigenvalue weighted by molar-refractivity contribution is -0.141. The van der Waals surface area contributed by atoms with E-state index in [9.17, 15) is 13.2 Å². The number of aliphatic hydroxyl groups is 1. The molecule has 7 heteroatoms. The molecule has 2 rings (SSSR count). The number of anilines is 1. The molecule has 0 bridgehead atoms. The molecule has 0 amide bonds. The summed E-state index contributed by atoms with van der Waals surface area (Å²) < 4.78 is 37.5. The fourth-order valence-electron chi connectivity index (χ4n) is 1.62. The first-order valence-corrected chi connectivity index (χ1v) is 5.82. The number of alkyl halides is 3. The van der Waals surface area contributed by atoms with Gasteiger partial charge in [-0.25, -0.2) is 9.97 Å². The Morgan fingerprint density at radius 2 is 1.90 bits per heavy atom. The van der Waals surface area contributed by atoms with Gasteiger partial charge in [0.1, 0.15) is 5.69 Å². The van der Waals surface area contributed by atoms with E-state index >= 15 is 0 Å². The van der Waals surface area contributed by atoms with Crippen LogP contribution in [-0.4, -0.2) is 15.1 Å². The average Bonchev–Trinajstić information content (AvgIpc) is 2.45. The number of aromatic nitrogens is 2. The number of hydrogen-bond acceptors (Lipinski definition) is 4. The van der Waals surface area contributed by atoms with Crippen LogP contribution in [-0.2, 0) is 19.3 Å². The largest absolute Gasteiger partial charge is 0.433 e. The van der Waals surface area contributed by atoms with Crippen molar-refractivity contribution in [3.8, 4) is 0 Å². The summed E-state index contributed by atoms with van der Waals surface area (Å²) in [6.45, 7) is 0.184. The minimum atomic E-state index is -4.49. The minimum Gasteiger partial charge on any atom is -0.392 e. The maximum atomic E-state index is 12.5. The quantitative estimate of drug-likeness (QED) is 0.905. The van der Waals surface area contributed by atoms with Gasteiger partial charge in [-0.15, -0.1) is 0 Å². The van der Waals surface area contributed by atoms with E-state index in [1.165, 1.54) is 0 Å². The molecule has 4 nitrogen and oxygen atoms in total. The Kier molecular flexibility index (Phi) is 4.19. The van der Waals surface area contributed by atoms with Crippen molar-refractivity contribution in [2.75, 3.05) is 5.32 Å². The van der Waals surface area contributed by atoms with Crippen molar-refractivity contribution in [3.05, 3.63) is 53.3 Å². The molecule has 2 N–H and O–H groups in total. The fourth-order valence-corrected chi connectivity index (χ4v) is 1.62. The van der Waals surface area contributed by atoms with Gasteiger partial charge in [-0.1, -0.05) is 24.3 Å². The molecule has 0 aliphatic heterocycles. The first-order valence-electron chi connectivity index (χ1n) is 5.82. The van der Waals surface area contributed by atoms with Gasteiger partial charge in [-0.3, -0.25) is 0 Å². The molecule has 1 heterocycles. The van der Waals surface area contributed by atoms with E-state index in [1.807, 2.05) is 0 Å². The molecule has 0 fully saturated rings. The Morgan fingerprint density at radius 3 is 2.60 bits per heavy atom. The summed E-state index contributed by atoms with van der Waals surface area (Å²) in [5.74, 6) is -0.0887. The maximum absolute atomic E-state index is 12.5. The van der Waals surface area contributed by atoms with Crippen LogP contribution in [0, 0.1) is 0 Å². The molecule has 0 spiro atoms. The van der Waals surface area contributed by atoms with Crippen LogP contribution in [0.4, 0.5) is 19.1 Å². The minimum absolute atomic E-state index is 0.0887. The fraction of sp³-hybridized carbons (Fsp3) is 0.231. The Bertz CT molecular complexity index is 587. The van der Waals surface area contributed by atoms with Crippen molar-refractivity contribution >= 4 is 5.95 Å². The third-order valence-corrected chi connectivity index (χ3v) is 2.57. The molecule has 0 aliphatic rings. The molecule has 1 aromatic carbocycles. The zero-order chi connectivity index (χ0) is 14.6. The summed E-state index contributed by atoms with van der Waals surface area (Å²) in [4.78, 5) is 7.14. The zero-order valence-corrected chi connectivity index (χ0v) is 10.4. The highest BCUT2D eigenvalue weighted by Crippen LogP contribution is 2.27. The van der Waals surface area contributed by atoms with Crippen LogP contribution in [0.25, 0.3) is 0 Å². The van der Waals surface area contributed by atoms with Gasteiger partial charge in [-0.2, -0.15) is 13.2 Å². The molecule has 0 saturated carbocycles. The number of nitrogens with one attached hydrogen (secondary N) is 1. The van der Waals surface area contributed by atoms with E-state index in [0.717, 1.165) is 23.4 Å². The van der Waals surface area contributed by atoms with E-state index in [0.29, 0.717) is 0 Å². The molecule has 0 unspecified atom stereocenters. The van der Waals surface area contributed by atoms with Gasteiger partial charge in [0.05, 0.1) is 6.61 Å². The van der Waals surface area contributed by atoms with Crippen molar-refractivity contribution in [1.82, 2.24) is 9.97 Å². The van der Waals surface area contributed by atoms with Crippen molar-refractivity contribution in [2.24, 2.45) is 0 Å². The second-order valence-corrected chi connectivity index (χ2v) is 4.09. The highest BCUT2D eigenvalue weighted by atomic mass is 19.4. The topological polar surface area (TPSA) is 58.0 Å². The normalized spacial score (nSPS) is 11.4. The van der Waals surface area contributed by atoms with Crippen LogP contribution >= 0.6 is 0 Å². The SMILES string of the molecule is OCc1cccc(CNc2nccc(C(F)(F)F)n2)c1. The van der Waals surface area contributed by atoms with Crippen LogP contribution in [0.2, 0.25) is 0 Å². The third kappa shape index (κ3) is 3.67. The second kappa shape index (κ2) is 5.87. The van der Waals surface area contributed by atoms with Crippen LogP contribution in [0.3, 0.4) is 0 Å². The van der Waals surface area contributed by atoms with Gasteiger partial charge < -0.3 is 10.4 Å². The number of hydrogen-bond donors (Lipinski definition) is 2. The van der Waals surface area contributed by atoms with E-state index in [2.05, 4.69) is 15.3 Å². The molecule has 2 aromatic rings. The first-order chi connectivity index (χ1) is 9.49. The number of benzene rings is 1. The summed E-state index contributed by atoms with van der Waals surface area (Å²) in [6.07, 6.45) is -3.43. The van der Waals surface area contributed by atoms with Crippen molar-refractivity contribution < 1.29 is 18.3 Å². The summed E-state index contributed by atoms with van der Waals surface area (Å²) in [5.41, 5.74) is 0.561. The number of nitrogens with zero attached hydrogens (tertiary/aromatic N) is 2. The molecule has 106 valence electrons. The van der Waals surface area contributed by atoms with E-state index in [4.69, 9.17) is 5.11 Å². The van der Waals surface area contributed by atoms with Gasteiger partial charge in [0.15, 0.2) is 0 Å². The Hall–Kier alpha value is -2.15.